The Kier molecular flexibility index (Phi) is 5.39. The lowest BCUT2D eigenvalue weighted by atomic mass is 10.3. The summed E-state index contributed by atoms with van der Waals surface area (Å²) in [7, 11) is -6.46. The van der Waals surface area contributed by atoms with Gasteiger partial charge in [0.1, 0.15) is 5.82 Å². The second-order valence-corrected chi connectivity index (χ2v) is 9.55. The first kappa shape index (κ1) is 19.8. The minimum Gasteiger partial charge on any atom is -0.280 e. The minimum absolute atomic E-state index is 0.0711. The van der Waals surface area contributed by atoms with Gasteiger partial charge in [-0.25, -0.2) is 21.2 Å². The van der Waals surface area contributed by atoms with Crippen molar-refractivity contribution in [1.29, 1.82) is 0 Å². The Hall–Kier alpha value is -2.91. The summed E-state index contributed by atoms with van der Waals surface area (Å²) in [4.78, 5) is -0.207. The zero-order chi connectivity index (χ0) is 20.4. The standard InChI is InChI=1S/C19H17FN2O4S2/c1-22(17-7-3-2-4-8-17)28(25,26)19-9-5-6-16(14-19)21-27(23,24)18-12-10-15(20)11-13-18/h2-14,21H,1H3. The summed E-state index contributed by atoms with van der Waals surface area (Å²) in [6.45, 7) is 0. The van der Waals surface area contributed by atoms with Crippen LogP contribution in [0.25, 0.3) is 0 Å². The van der Waals surface area contributed by atoms with Crippen molar-refractivity contribution < 1.29 is 21.2 Å². The molecule has 0 aliphatic heterocycles. The number of sulfonamides is 2. The van der Waals surface area contributed by atoms with Gasteiger partial charge in [-0.05, 0) is 54.6 Å². The quantitative estimate of drug-likeness (QED) is 0.662. The average Bonchev–Trinajstić information content (AvgIpc) is 2.68. The lowest BCUT2D eigenvalue weighted by Crippen LogP contribution is -2.26. The lowest BCUT2D eigenvalue weighted by Gasteiger charge is -2.20. The van der Waals surface area contributed by atoms with Crippen molar-refractivity contribution >= 4 is 31.4 Å². The summed E-state index contributed by atoms with van der Waals surface area (Å²) >= 11 is 0. The van der Waals surface area contributed by atoms with Gasteiger partial charge in [0.05, 0.1) is 21.2 Å². The number of hydrogen-bond acceptors (Lipinski definition) is 4. The minimum atomic E-state index is -3.99. The lowest BCUT2D eigenvalue weighted by molar-refractivity contribution is 0.593. The Morgan fingerprint density at radius 1 is 0.786 bits per heavy atom. The predicted octanol–water partition coefficient (Wildman–Crippen LogP) is 3.45. The molecule has 3 aromatic carbocycles. The summed E-state index contributed by atoms with van der Waals surface area (Å²) < 4.78 is 67.0. The molecule has 0 heterocycles. The van der Waals surface area contributed by atoms with E-state index in [0.29, 0.717) is 5.69 Å². The first-order chi connectivity index (χ1) is 13.2. The summed E-state index contributed by atoms with van der Waals surface area (Å²) in [5, 5.41) is 0. The van der Waals surface area contributed by atoms with E-state index in [4.69, 9.17) is 0 Å². The zero-order valence-corrected chi connectivity index (χ0v) is 16.4. The molecule has 0 radical (unpaired) electrons. The molecule has 0 amide bonds. The molecular weight excluding hydrogens is 403 g/mol. The molecule has 0 unspecified atom stereocenters. The third-order valence-electron chi connectivity index (χ3n) is 3.99. The van der Waals surface area contributed by atoms with Crippen LogP contribution in [-0.2, 0) is 20.0 Å². The largest absolute Gasteiger partial charge is 0.280 e. The van der Waals surface area contributed by atoms with Crippen LogP contribution < -0.4 is 9.03 Å². The van der Waals surface area contributed by atoms with Crippen molar-refractivity contribution in [2.24, 2.45) is 0 Å². The molecule has 146 valence electrons. The Balaban J connectivity index is 1.91. The van der Waals surface area contributed by atoms with Crippen molar-refractivity contribution in [3.8, 4) is 0 Å². The van der Waals surface area contributed by atoms with Crippen molar-refractivity contribution in [2.75, 3.05) is 16.1 Å². The second-order valence-electron chi connectivity index (χ2n) is 5.90. The first-order valence-corrected chi connectivity index (χ1v) is 11.0. The maximum Gasteiger partial charge on any atom is 0.264 e. The highest BCUT2D eigenvalue weighted by Gasteiger charge is 2.22. The van der Waals surface area contributed by atoms with E-state index in [-0.39, 0.29) is 15.5 Å². The van der Waals surface area contributed by atoms with Crippen LogP contribution in [0.15, 0.2) is 88.7 Å². The smallest absolute Gasteiger partial charge is 0.264 e. The van der Waals surface area contributed by atoms with E-state index in [9.17, 15) is 21.2 Å². The summed E-state index contributed by atoms with van der Waals surface area (Å²) in [6.07, 6.45) is 0. The van der Waals surface area contributed by atoms with Gasteiger partial charge < -0.3 is 0 Å². The van der Waals surface area contributed by atoms with E-state index < -0.39 is 25.9 Å². The third kappa shape index (κ3) is 4.15. The Bertz CT molecular complexity index is 1180. The van der Waals surface area contributed by atoms with Gasteiger partial charge in [0, 0.05) is 7.05 Å². The molecule has 28 heavy (non-hydrogen) atoms. The molecule has 0 fully saturated rings. The maximum absolute atomic E-state index is 13.0. The van der Waals surface area contributed by atoms with E-state index in [0.717, 1.165) is 28.6 Å². The maximum atomic E-state index is 13.0. The van der Waals surface area contributed by atoms with Gasteiger partial charge >= 0.3 is 0 Å². The van der Waals surface area contributed by atoms with E-state index >= 15 is 0 Å². The molecule has 9 heteroatoms. The van der Waals surface area contributed by atoms with Crippen LogP contribution in [0.3, 0.4) is 0 Å². The van der Waals surface area contributed by atoms with E-state index in [1.807, 2.05) is 0 Å². The molecule has 0 saturated heterocycles. The van der Waals surface area contributed by atoms with Gasteiger partial charge in [0.2, 0.25) is 0 Å². The SMILES string of the molecule is CN(c1ccccc1)S(=O)(=O)c1cccc(NS(=O)(=O)c2ccc(F)cc2)c1. The fourth-order valence-electron chi connectivity index (χ4n) is 2.48. The topological polar surface area (TPSA) is 83.6 Å². The molecule has 1 N–H and O–H groups in total. The Morgan fingerprint density at radius 2 is 1.43 bits per heavy atom. The zero-order valence-electron chi connectivity index (χ0n) is 14.8. The number of para-hydroxylation sites is 1. The monoisotopic (exact) mass is 420 g/mol. The van der Waals surface area contributed by atoms with Crippen LogP contribution in [0.1, 0.15) is 0 Å². The Labute approximate surface area is 163 Å². The molecular formula is C19H17FN2O4S2. The normalized spacial score (nSPS) is 11.8. The van der Waals surface area contributed by atoms with Gasteiger partial charge in [-0.1, -0.05) is 24.3 Å². The van der Waals surface area contributed by atoms with Crippen molar-refractivity contribution in [3.05, 3.63) is 84.7 Å². The fourth-order valence-corrected chi connectivity index (χ4v) is 4.77. The van der Waals surface area contributed by atoms with Crippen molar-refractivity contribution in [1.82, 2.24) is 0 Å². The molecule has 0 atom stereocenters. The molecule has 0 aliphatic rings. The molecule has 0 aromatic heterocycles. The van der Waals surface area contributed by atoms with Crippen LogP contribution >= 0.6 is 0 Å². The Morgan fingerprint density at radius 3 is 2.07 bits per heavy atom. The van der Waals surface area contributed by atoms with Crippen LogP contribution in [0, 0.1) is 5.82 Å². The highest BCUT2D eigenvalue weighted by atomic mass is 32.2. The van der Waals surface area contributed by atoms with E-state index in [2.05, 4.69) is 4.72 Å². The van der Waals surface area contributed by atoms with Crippen molar-refractivity contribution in [2.45, 2.75) is 9.79 Å². The number of rotatable bonds is 6. The molecule has 3 aromatic rings. The average molecular weight is 420 g/mol. The summed E-state index contributed by atoms with van der Waals surface area (Å²) in [5.41, 5.74) is 0.548. The highest BCUT2D eigenvalue weighted by molar-refractivity contribution is 7.93. The van der Waals surface area contributed by atoms with E-state index in [1.54, 1.807) is 30.3 Å². The summed E-state index contributed by atoms with van der Waals surface area (Å²) in [5.74, 6) is -0.559. The molecule has 3 rings (SSSR count). The van der Waals surface area contributed by atoms with Gasteiger partial charge in [-0.15, -0.1) is 0 Å². The van der Waals surface area contributed by atoms with Crippen LogP contribution in [0.5, 0.6) is 0 Å². The number of hydrogen-bond donors (Lipinski definition) is 1. The second kappa shape index (κ2) is 7.61. The molecule has 0 bridgehead atoms. The van der Waals surface area contributed by atoms with Gasteiger partial charge in [-0.2, -0.15) is 0 Å². The highest BCUT2D eigenvalue weighted by Crippen LogP contribution is 2.25. The fraction of sp³-hybridized carbons (Fsp3) is 0.0526. The van der Waals surface area contributed by atoms with Gasteiger partial charge in [0.25, 0.3) is 20.0 Å². The molecule has 0 aliphatic carbocycles. The number of nitrogens with zero attached hydrogens (tertiary/aromatic N) is 1. The van der Waals surface area contributed by atoms with Gasteiger partial charge in [-0.3, -0.25) is 9.03 Å². The van der Waals surface area contributed by atoms with Crippen LogP contribution in [0.2, 0.25) is 0 Å². The third-order valence-corrected chi connectivity index (χ3v) is 7.17. The first-order valence-electron chi connectivity index (χ1n) is 8.12. The molecule has 0 spiro atoms. The van der Waals surface area contributed by atoms with Crippen LogP contribution in [-0.4, -0.2) is 23.9 Å². The van der Waals surface area contributed by atoms with E-state index in [1.165, 1.54) is 31.3 Å². The number of nitrogens with one attached hydrogen (secondary N) is 1. The number of halogens is 1. The summed E-state index contributed by atoms with van der Waals surface area (Å²) in [6, 6.07) is 18.3. The number of benzene rings is 3. The van der Waals surface area contributed by atoms with Crippen LogP contribution in [0.4, 0.5) is 15.8 Å². The molecule has 0 saturated carbocycles. The van der Waals surface area contributed by atoms with Crippen molar-refractivity contribution in [3.63, 3.8) is 0 Å². The predicted molar refractivity (Wildman–Crippen MR) is 106 cm³/mol. The van der Waals surface area contributed by atoms with Gasteiger partial charge in [0.15, 0.2) is 0 Å². The number of anilines is 2. The molecule has 6 nitrogen and oxygen atoms in total.